The molecule has 156 valence electrons. The Balaban J connectivity index is 1.61. The molecule has 1 aliphatic rings. The summed E-state index contributed by atoms with van der Waals surface area (Å²) in [4.78, 5) is 4.35. The van der Waals surface area contributed by atoms with Crippen LogP contribution in [0.25, 0.3) is 0 Å². The van der Waals surface area contributed by atoms with Crippen LogP contribution in [0.2, 0.25) is 0 Å². The largest absolute Gasteiger partial charge is 0.494 e. The van der Waals surface area contributed by atoms with Gasteiger partial charge in [0.25, 0.3) is 0 Å². The van der Waals surface area contributed by atoms with Crippen molar-refractivity contribution in [3.63, 3.8) is 0 Å². The first-order valence-electron chi connectivity index (χ1n) is 10.7. The van der Waals surface area contributed by atoms with Crippen LogP contribution in [0.4, 0.5) is 5.69 Å². The molecule has 0 aromatic heterocycles. The zero-order valence-electron chi connectivity index (χ0n) is 17.7. The summed E-state index contributed by atoms with van der Waals surface area (Å²) in [5, 5.41) is 4.29. The smallest absolute Gasteiger partial charge is 0.173 e. The van der Waals surface area contributed by atoms with Gasteiger partial charge in [-0.3, -0.25) is 0 Å². The maximum absolute atomic E-state index is 5.88. The molecule has 1 fully saturated rings. The van der Waals surface area contributed by atoms with Gasteiger partial charge in [-0.2, -0.15) is 0 Å². The van der Waals surface area contributed by atoms with Gasteiger partial charge < -0.3 is 19.9 Å². The summed E-state index contributed by atoms with van der Waals surface area (Å²) in [5.74, 6) is 0.928. The second-order valence-electron chi connectivity index (χ2n) is 7.80. The fraction of sp³-hybridized carbons (Fsp3) is 0.609. The summed E-state index contributed by atoms with van der Waals surface area (Å²) < 4.78 is 5.88. The van der Waals surface area contributed by atoms with Gasteiger partial charge in [0.1, 0.15) is 5.75 Å². The number of ether oxygens (including phenoxy) is 1. The van der Waals surface area contributed by atoms with Crippen molar-refractivity contribution in [3.05, 3.63) is 36.9 Å². The minimum Gasteiger partial charge on any atom is -0.494 e. The highest BCUT2D eigenvalue weighted by atomic mass is 32.1. The van der Waals surface area contributed by atoms with E-state index in [1.165, 1.54) is 44.9 Å². The predicted octanol–water partition coefficient (Wildman–Crippen LogP) is 5.00. The summed E-state index contributed by atoms with van der Waals surface area (Å²) in [6.45, 7) is 6.66. The Morgan fingerprint density at radius 1 is 1.14 bits per heavy atom. The lowest BCUT2D eigenvalue weighted by molar-refractivity contribution is 0.300. The number of nitrogens with one attached hydrogen (secondary N) is 1. The van der Waals surface area contributed by atoms with Gasteiger partial charge in [-0.25, -0.2) is 0 Å². The molecule has 1 N–H and O–H groups in total. The fourth-order valence-corrected chi connectivity index (χ4v) is 3.84. The number of hydrogen-bond acceptors (Lipinski definition) is 3. The van der Waals surface area contributed by atoms with Crippen molar-refractivity contribution >= 4 is 23.0 Å². The first-order chi connectivity index (χ1) is 13.6. The van der Waals surface area contributed by atoms with Gasteiger partial charge in [0.2, 0.25) is 0 Å². The average Bonchev–Trinajstić information content (AvgIpc) is 3.20. The van der Waals surface area contributed by atoms with Gasteiger partial charge in [-0.15, -0.1) is 6.58 Å². The predicted molar refractivity (Wildman–Crippen MR) is 124 cm³/mol. The summed E-state index contributed by atoms with van der Waals surface area (Å²) in [6.07, 6.45) is 11.8. The van der Waals surface area contributed by atoms with E-state index >= 15 is 0 Å². The van der Waals surface area contributed by atoms with Crippen LogP contribution in [0.3, 0.4) is 0 Å². The molecule has 0 unspecified atom stereocenters. The van der Waals surface area contributed by atoms with Crippen LogP contribution in [0.5, 0.6) is 5.75 Å². The van der Waals surface area contributed by atoms with Crippen LogP contribution in [-0.2, 0) is 0 Å². The van der Waals surface area contributed by atoms with Gasteiger partial charge in [-0.05, 0) is 75.8 Å². The van der Waals surface area contributed by atoms with Crippen molar-refractivity contribution in [1.29, 1.82) is 0 Å². The van der Waals surface area contributed by atoms with Crippen molar-refractivity contribution in [2.24, 2.45) is 0 Å². The minimum absolute atomic E-state index is 0.542. The number of thiocarbonyl (C=S) groups is 1. The Kier molecular flexibility index (Phi) is 10.4. The third kappa shape index (κ3) is 8.19. The van der Waals surface area contributed by atoms with Gasteiger partial charge in [0.15, 0.2) is 5.11 Å². The Bertz CT molecular complexity index is 584. The lowest BCUT2D eigenvalue weighted by Crippen LogP contribution is -2.41. The Morgan fingerprint density at radius 2 is 1.82 bits per heavy atom. The normalized spacial score (nSPS) is 14.2. The lowest BCUT2D eigenvalue weighted by atomic mass is 10.2. The number of anilines is 1. The second kappa shape index (κ2) is 12.8. The lowest BCUT2D eigenvalue weighted by Gasteiger charge is -2.24. The van der Waals surface area contributed by atoms with Crippen LogP contribution in [0.1, 0.15) is 51.4 Å². The van der Waals surface area contributed by atoms with Crippen molar-refractivity contribution in [3.8, 4) is 5.75 Å². The first kappa shape index (κ1) is 22.7. The molecule has 1 aromatic carbocycles. The van der Waals surface area contributed by atoms with Crippen molar-refractivity contribution in [1.82, 2.24) is 10.2 Å². The Labute approximate surface area is 176 Å². The molecule has 2 rings (SSSR count). The van der Waals surface area contributed by atoms with E-state index in [2.05, 4.69) is 36.0 Å². The molecule has 0 heterocycles. The van der Waals surface area contributed by atoms with Crippen molar-refractivity contribution in [2.75, 3.05) is 38.7 Å². The molecular weight excluding hydrogens is 366 g/mol. The first-order valence-corrected chi connectivity index (χ1v) is 11.1. The molecule has 0 spiro atoms. The summed E-state index contributed by atoms with van der Waals surface area (Å²) in [6, 6.07) is 8.77. The molecule has 0 amide bonds. The molecule has 5 heteroatoms. The number of benzene rings is 1. The van der Waals surface area contributed by atoms with Gasteiger partial charge in [0.05, 0.1) is 6.61 Å². The average molecular weight is 404 g/mol. The van der Waals surface area contributed by atoms with E-state index in [9.17, 15) is 0 Å². The van der Waals surface area contributed by atoms with Crippen LogP contribution in [0.15, 0.2) is 36.9 Å². The molecule has 0 atom stereocenters. The maximum Gasteiger partial charge on any atom is 0.173 e. The topological polar surface area (TPSA) is 27.7 Å². The van der Waals surface area contributed by atoms with Crippen LogP contribution in [0, 0.1) is 0 Å². The highest BCUT2D eigenvalue weighted by Gasteiger charge is 2.17. The van der Waals surface area contributed by atoms with Crippen molar-refractivity contribution in [2.45, 2.75) is 57.4 Å². The number of rotatable bonds is 12. The standard InChI is InChI=1S/C23H37N3OS/c1-4-17-25(2)18-9-5-6-10-19-27-22-15-13-21(14-16-22)26(3)23(28)24-20-11-7-8-12-20/h4,13-16,20H,1,5-12,17-19H2,2-3H3,(H,24,28). The number of likely N-dealkylation sites (N-methyl/N-ethyl adjacent to an activating group) is 1. The molecule has 0 radical (unpaired) electrons. The van der Waals surface area contributed by atoms with E-state index < -0.39 is 0 Å². The monoisotopic (exact) mass is 403 g/mol. The Hall–Kier alpha value is -1.59. The zero-order chi connectivity index (χ0) is 20.2. The van der Waals surface area contributed by atoms with E-state index in [-0.39, 0.29) is 0 Å². The number of hydrogen-bond donors (Lipinski definition) is 1. The van der Waals surface area contributed by atoms with Gasteiger partial charge >= 0.3 is 0 Å². The summed E-state index contributed by atoms with van der Waals surface area (Å²) in [7, 11) is 4.16. The number of nitrogens with zero attached hydrogens (tertiary/aromatic N) is 2. The van der Waals surface area contributed by atoms with E-state index in [0.717, 1.165) is 42.7 Å². The molecule has 0 aliphatic heterocycles. The molecule has 0 bridgehead atoms. The fourth-order valence-electron chi connectivity index (χ4n) is 3.56. The third-order valence-electron chi connectivity index (χ3n) is 5.36. The second-order valence-corrected chi connectivity index (χ2v) is 8.18. The molecule has 0 saturated heterocycles. The quantitative estimate of drug-likeness (QED) is 0.301. The molecule has 1 aliphatic carbocycles. The van der Waals surface area contributed by atoms with E-state index in [4.69, 9.17) is 17.0 Å². The molecular formula is C23H37N3OS. The van der Waals surface area contributed by atoms with E-state index in [1.54, 1.807) is 0 Å². The van der Waals surface area contributed by atoms with Crippen molar-refractivity contribution < 1.29 is 4.74 Å². The van der Waals surface area contributed by atoms with Crippen LogP contribution in [-0.4, -0.2) is 49.8 Å². The third-order valence-corrected chi connectivity index (χ3v) is 5.75. The van der Waals surface area contributed by atoms with E-state index in [1.807, 2.05) is 30.2 Å². The molecule has 4 nitrogen and oxygen atoms in total. The van der Waals surface area contributed by atoms with Gasteiger partial charge in [0, 0.05) is 25.3 Å². The minimum atomic E-state index is 0.542. The molecule has 1 saturated carbocycles. The van der Waals surface area contributed by atoms with E-state index in [0.29, 0.717) is 6.04 Å². The molecule has 1 aromatic rings. The highest BCUT2D eigenvalue weighted by molar-refractivity contribution is 7.80. The molecule has 28 heavy (non-hydrogen) atoms. The van der Waals surface area contributed by atoms with Crippen LogP contribution < -0.4 is 15.0 Å². The van der Waals surface area contributed by atoms with Gasteiger partial charge in [-0.1, -0.05) is 31.8 Å². The highest BCUT2D eigenvalue weighted by Crippen LogP contribution is 2.21. The number of unbranched alkanes of at least 4 members (excludes halogenated alkanes) is 3. The Morgan fingerprint density at radius 3 is 2.50 bits per heavy atom. The SMILES string of the molecule is C=CCN(C)CCCCCCOc1ccc(N(C)C(=S)NC2CCCC2)cc1. The van der Waals surface area contributed by atoms with Crippen LogP contribution >= 0.6 is 12.2 Å². The zero-order valence-corrected chi connectivity index (χ0v) is 18.5. The maximum atomic E-state index is 5.88. The summed E-state index contributed by atoms with van der Waals surface area (Å²) >= 11 is 5.55. The summed E-state index contributed by atoms with van der Waals surface area (Å²) in [5.41, 5.74) is 1.09.